The quantitative estimate of drug-likeness (QED) is 0.578. The monoisotopic (exact) mass is 324 g/mol. The van der Waals surface area contributed by atoms with E-state index >= 15 is 0 Å². The molecule has 2 rings (SSSR count). The Hall–Kier alpha value is -1.53. The van der Waals surface area contributed by atoms with Crippen LogP contribution in [0.4, 0.5) is 0 Å². The summed E-state index contributed by atoms with van der Waals surface area (Å²) in [6.07, 6.45) is 3.60. The van der Waals surface area contributed by atoms with Crippen LogP contribution in [0.5, 0.6) is 0 Å². The zero-order valence-corrected chi connectivity index (χ0v) is 13.1. The lowest BCUT2D eigenvalue weighted by Gasteiger charge is -2.05. The van der Waals surface area contributed by atoms with Crippen LogP contribution < -0.4 is 5.32 Å². The van der Waals surface area contributed by atoms with Gasteiger partial charge in [-0.05, 0) is 18.6 Å². The van der Waals surface area contributed by atoms with Crippen molar-refractivity contribution in [3.63, 3.8) is 0 Å². The second-order valence-corrected chi connectivity index (χ2v) is 5.96. The van der Waals surface area contributed by atoms with Gasteiger partial charge in [0, 0.05) is 30.0 Å². The predicted molar refractivity (Wildman–Crippen MR) is 84.5 cm³/mol. The highest BCUT2D eigenvalue weighted by Crippen LogP contribution is 2.26. The summed E-state index contributed by atoms with van der Waals surface area (Å²) in [4.78, 5) is 16.7. The lowest BCUT2D eigenvalue weighted by Crippen LogP contribution is -2.25. The van der Waals surface area contributed by atoms with Crippen molar-refractivity contribution >= 4 is 29.3 Å². The van der Waals surface area contributed by atoms with E-state index in [1.807, 2.05) is 24.3 Å². The third-order valence-electron chi connectivity index (χ3n) is 2.80. The van der Waals surface area contributed by atoms with Gasteiger partial charge in [0.1, 0.15) is 12.2 Å². The first-order valence-corrected chi connectivity index (χ1v) is 8.10. The minimum Gasteiger partial charge on any atom is -0.356 e. The number of thioether (sulfide) groups is 1. The Morgan fingerprint density at radius 2 is 2.24 bits per heavy atom. The van der Waals surface area contributed by atoms with Crippen molar-refractivity contribution in [2.24, 2.45) is 0 Å². The van der Waals surface area contributed by atoms with E-state index in [9.17, 15) is 4.79 Å². The first-order chi connectivity index (χ1) is 10.3. The molecule has 0 radical (unpaired) electrons. The Morgan fingerprint density at radius 1 is 1.38 bits per heavy atom. The summed E-state index contributed by atoms with van der Waals surface area (Å²) in [6.45, 7) is 0.649. The molecule has 1 amide bonds. The van der Waals surface area contributed by atoms with Crippen LogP contribution in [0, 0.1) is 0 Å². The number of rotatable bonds is 8. The highest BCUT2D eigenvalue weighted by molar-refractivity contribution is 7.99. The maximum atomic E-state index is 11.7. The molecule has 21 heavy (non-hydrogen) atoms. The van der Waals surface area contributed by atoms with Crippen molar-refractivity contribution < 1.29 is 4.79 Å². The summed E-state index contributed by atoms with van der Waals surface area (Å²) in [6, 6.07) is 7.65. The highest BCUT2D eigenvalue weighted by atomic mass is 35.5. The van der Waals surface area contributed by atoms with Gasteiger partial charge in [0.05, 0.1) is 5.02 Å². The Morgan fingerprint density at radius 3 is 3.00 bits per heavy atom. The molecule has 1 heterocycles. The van der Waals surface area contributed by atoms with E-state index in [1.54, 1.807) is 11.8 Å². The van der Waals surface area contributed by atoms with E-state index in [-0.39, 0.29) is 5.91 Å². The molecule has 0 atom stereocenters. The largest absolute Gasteiger partial charge is 0.356 e. The molecule has 2 N–H and O–H groups in total. The van der Waals surface area contributed by atoms with Crippen LogP contribution in [0.3, 0.4) is 0 Å². The molecule has 1 aromatic heterocycles. The summed E-state index contributed by atoms with van der Waals surface area (Å²) in [7, 11) is 0. The zero-order chi connectivity index (χ0) is 14.9. The average molecular weight is 325 g/mol. The molecule has 7 heteroatoms. The van der Waals surface area contributed by atoms with E-state index in [0.29, 0.717) is 13.0 Å². The van der Waals surface area contributed by atoms with Gasteiger partial charge in [-0.1, -0.05) is 23.7 Å². The molecule has 5 nitrogen and oxygen atoms in total. The fraction of sp³-hybridized carbons (Fsp3) is 0.357. The van der Waals surface area contributed by atoms with E-state index in [1.165, 1.54) is 6.33 Å². The number of nitrogens with one attached hydrogen (secondary N) is 2. The van der Waals surface area contributed by atoms with Crippen LogP contribution in [0.2, 0.25) is 5.02 Å². The summed E-state index contributed by atoms with van der Waals surface area (Å²) in [5.41, 5.74) is 0. The van der Waals surface area contributed by atoms with Crippen LogP contribution in [0.15, 0.2) is 35.5 Å². The molecule has 1 aromatic carbocycles. The molecule has 0 aliphatic carbocycles. The lowest BCUT2D eigenvalue weighted by molar-refractivity contribution is -0.120. The van der Waals surface area contributed by atoms with Gasteiger partial charge in [-0.15, -0.1) is 11.8 Å². The van der Waals surface area contributed by atoms with Gasteiger partial charge < -0.3 is 5.32 Å². The van der Waals surface area contributed by atoms with Crippen molar-refractivity contribution in [1.29, 1.82) is 0 Å². The fourth-order valence-electron chi connectivity index (χ4n) is 1.74. The van der Waals surface area contributed by atoms with Gasteiger partial charge in [0.15, 0.2) is 0 Å². The van der Waals surface area contributed by atoms with Gasteiger partial charge in [0.2, 0.25) is 5.91 Å². The van der Waals surface area contributed by atoms with E-state index < -0.39 is 0 Å². The van der Waals surface area contributed by atoms with Crippen molar-refractivity contribution in [2.45, 2.75) is 24.2 Å². The van der Waals surface area contributed by atoms with Crippen molar-refractivity contribution in [3.8, 4) is 0 Å². The molecule has 0 fully saturated rings. The topological polar surface area (TPSA) is 70.7 Å². The number of carbonyl (C=O) groups excluding carboxylic acids is 1. The molecule has 112 valence electrons. The maximum Gasteiger partial charge on any atom is 0.220 e. The standard InChI is InChI=1S/C14H17ClN4OS/c15-11-4-1-2-5-12(11)21-9-7-14(20)16-8-3-6-13-17-10-18-19-13/h1-2,4-5,10H,3,6-9H2,(H,16,20)(H,17,18,19). The highest BCUT2D eigenvalue weighted by Gasteiger charge is 2.04. The Balaban J connectivity index is 1.56. The van der Waals surface area contributed by atoms with Crippen molar-refractivity contribution in [2.75, 3.05) is 12.3 Å². The lowest BCUT2D eigenvalue weighted by atomic mass is 10.3. The van der Waals surface area contributed by atoms with Gasteiger partial charge in [0.25, 0.3) is 0 Å². The van der Waals surface area contributed by atoms with Crippen LogP contribution in [-0.4, -0.2) is 33.4 Å². The molecular weight excluding hydrogens is 308 g/mol. The number of aromatic nitrogens is 3. The number of hydrogen-bond donors (Lipinski definition) is 2. The van der Waals surface area contributed by atoms with Crippen LogP contribution in [-0.2, 0) is 11.2 Å². The molecule has 0 spiro atoms. The number of nitrogens with zero attached hydrogens (tertiary/aromatic N) is 2. The van der Waals surface area contributed by atoms with Crippen molar-refractivity contribution in [1.82, 2.24) is 20.5 Å². The smallest absolute Gasteiger partial charge is 0.220 e. The Labute approximate surface area is 132 Å². The van der Waals surface area contributed by atoms with Gasteiger partial charge in [-0.2, -0.15) is 5.10 Å². The molecule has 0 aliphatic rings. The fourth-order valence-corrected chi connectivity index (χ4v) is 2.93. The average Bonchev–Trinajstić information content (AvgIpc) is 2.99. The third kappa shape index (κ3) is 5.77. The minimum atomic E-state index is 0.0622. The van der Waals surface area contributed by atoms with Crippen molar-refractivity contribution in [3.05, 3.63) is 41.4 Å². The van der Waals surface area contributed by atoms with E-state index in [0.717, 1.165) is 34.3 Å². The minimum absolute atomic E-state index is 0.0622. The van der Waals surface area contributed by atoms with Gasteiger partial charge in [-0.3, -0.25) is 9.89 Å². The maximum absolute atomic E-state index is 11.7. The summed E-state index contributed by atoms with van der Waals surface area (Å²) >= 11 is 7.65. The Kier molecular flexibility index (Phi) is 6.56. The number of hydrogen-bond acceptors (Lipinski definition) is 4. The normalized spacial score (nSPS) is 10.5. The number of halogens is 1. The molecule has 0 saturated heterocycles. The number of benzene rings is 1. The summed E-state index contributed by atoms with van der Waals surface area (Å²) < 4.78 is 0. The molecule has 0 saturated carbocycles. The molecule has 0 bridgehead atoms. The molecule has 0 unspecified atom stereocenters. The SMILES string of the molecule is O=C(CCSc1ccccc1Cl)NCCCc1ncn[nH]1. The molecule has 2 aromatic rings. The number of H-pyrrole nitrogens is 1. The number of aromatic amines is 1. The van der Waals surface area contributed by atoms with Crippen LogP contribution in [0.25, 0.3) is 0 Å². The predicted octanol–water partition coefficient (Wildman–Crippen LogP) is 2.69. The second kappa shape index (κ2) is 8.69. The number of aryl methyl sites for hydroxylation is 1. The third-order valence-corrected chi connectivity index (χ3v) is 4.32. The first kappa shape index (κ1) is 15.9. The van der Waals surface area contributed by atoms with Crippen LogP contribution >= 0.6 is 23.4 Å². The Bertz CT molecular complexity index is 562. The first-order valence-electron chi connectivity index (χ1n) is 6.74. The van der Waals surface area contributed by atoms with E-state index in [2.05, 4.69) is 20.5 Å². The number of amides is 1. The van der Waals surface area contributed by atoms with Gasteiger partial charge in [-0.25, -0.2) is 4.98 Å². The summed E-state index contributed by atoms with van der Waals surface area (Å²) in [5.74, 6) is 1.63. The molecular formula is C14H17ClN4OS. The van der Waals surface area contributed by atoms with Gasteiger partial charge >= 0.3 is 0 Å². The second-order valence-electron chi connectivity index (χ2n) is 4.41. The summed E-state index contributed by atoms with van der Waals surface area (Å²) in [5, 5.41) is 10.2. The molecule has 0 aliphatic heterocycles. The van der Waals surface area contributed by atoms with Crippen LogP contribution in [0.1, 0.15) is 18.7 Å². The van der Waals surface area contributed by atoms with E-state index in [4.69, 9.17) is 11.6 Å². The number of carbonyl (C=O) groups is 1. The zero-order valence-electron chi connectivity index (χ0n) is 11.5.